The molecule has 1 amide bonds. The smallest absolute Gasteiger partial charge is 0.341 e. The number of para-hydroxylation sites is 2. The van der Waals surface area contributed by atoms with Gasteiger partial charge in [-0.2, -0.15) is 0 Å². The summed E-state index contributed by atoms with van der Waals surface area (Å²) in [4.78, 5) is 29.8. The SMILES string of the molecule is CCn1c2ccccc2c2cc(NC(=O)CN3CCCCC3N3COC(=O)c4ccccc43)ccc21. The maximum Gasteiger partial charge on any atom is 0.341 e. The van der Waals surface area contributed by atoms with Crippen molar-refractivity contribution in [1.29, 1.82) is 0 Å². The minimum Gasteiger partial charge on any atom is -0.441 e. The lowest BCUT2D eigenvalue weighted by atomic mass is 10.0. The fourth-order valence-electron chi connectivity index (χ4n) is 5.79. The largest absolute Gasteiger partial charge is 0.441 e. The summed E-state index contributed by atoms with van der Waals surface area (Å²) >= 11 is 0. The van der Waals surface area contributed by atoms with Gasteiger partial charge in [0.25, 0.3) is 0 Å². The molecule has 1 atom stereocenters. The molecule has 184 valence electrons. The molecule has 0 saturated carbocycles. The molecule has 3 aromatic carbocycles. The van der Waals surface area contributed by atoms with E-state index in [1.807, 2.05) is 24.3 Å². The van der Waals surface area contributed by atoms with Gasteiger partial charge >= 0.3 is 5.97 Å². The zero-order valence-electron chi connectivity index (χ0n) is 20.4. The van der Waals surface area contributed by atoms with Crippen LogP contribution in [0, 0.1) is 0 Å². The molecule has 1 N–H and O–H groups in total. The quantitative estimate of drug-likeness (QED) is 0.396. The number of hydrogen-bond acceptors (Lipinski definition) is 5. The number of aryl methyl sites for hydroxylation is 1. The number of cyclic esters (lactones) is 1. The van der Waals surface area contributed by atoms with Crippen molar-refractivity contribution in [3.05, 3.63) is 72.3 Å². The van der Waals surface area contributed by atoms with Crippen molar-refractivity contribution in [3.8, 4) is 0 Å². The molecule has 0 radical (unpaired) electrons. The standard InChI is InChI=1S/C29H30N4O3/c1-2-32-24-11-5-3-9-21(24)23-17-20(14-15-26(23)32)30-27(34)18-31-16-8-7-13-28(31)33-19-36-29(35)22-10-4-6-12-25(22)33/h3-6,9-12,14-15,17,28H,2,7-8,13,16,18-19H2,1H3,(H,30,34). The fraction of sp³-hybridized carbons (Fsp3) is 0.310. The summed E-state index contributed by atoms with van der Waals surface area (Å²) in [6.07, 6.45) is 3.04. The predicted molar refractivity (Wildman–Crippen MR) is 142 cm³/mol. The summed E-state index contributed by atoms with van der Waals surface area (Å²) in [6, 6.07) is 22.1. The third-order valence-electron chi connectivity index (χ3n) is 7.43. The van der Waals surface area contributed by atoms with E-state index in [4.69, 9.17) is 4.74 Å². The Labute approximate surface area is 210 Å². The van der Waals surface area contributed by atoms with Crippen molar-refractivity contribution >= 4 is 45.1 Å². The van der Waals surface area contributed by atoms with Crippen LogP contribution in [0.1, 0.15) is 36.5 Å². The first-order valence-electron chi connectivity index (χ1n) is 12.7. The van der Waals surface area contributed by atoms with Crippen molar-refractivity contribution in [2.45, 2.75) is 38.9 Å². The summed E-state index contributed by atoms with van der Waals surface area (Å²) in [5.74, 6) is -0.329. The molecular formula is C29H30N4O3. The van der Waals surface area contributed by atoms with Gasteiger partial charge in [0.2, 0.25) is 5.91 Å². The summed E-state index contributed by atoms with van der Waals surface area (Å²) in [5, 5.41) is 5.47. The van der Waals surface area contributed by atoms with Crippen LogP contribution in [0.4, 0.5) is 11.4 Å². The van der Waals surface area contributed by atoms with Gasteiger partial charge in [-0.1, -0.05) is 30.3 Å². The molecule has 1 fully saturated rings. The first-order chi connectivity index (χ1) is 17.6. The van der Waals surface area contributed by atoms with Crippen molar-refractivity contribution in [1.82, 2.24) is 9.47 Å². The first-order valence-corrected chi connectivity index (χ1v) is 12.7. The van der Waals surface area contributed by atoms with Gasteiger partial charge in [-0.25, -0.2) is 4.79 Å². The number of aromatic nitrogens is 1. The number of ether oxygens (including phenoxy) is 1. The molecule has 6 rings (SSSR count). The highest BCUT2D eigenvalue weighted by Crippen LogP contribution is 2.33. The van der Waals surface area contributed by atoms with Gasteiger partial charge in [-0.05, 0) is 62.6 Å². The first kappa shape index (κ1) is 22.6. The van der Waals surface area contributed by atoms with Gasteiger partial charge in [0.1, 0.15) is 0 Å². The van der Waals surface area contributed by atoms with E-state index in [0.717, 1.165) is 49.1 Å². The lowest BCUT2D eigenvalue weighted by molar-refractivity contribution is -0.118. The lowest BCUT2D eigenvalue weighted by Gasteiger charge is -2.44. The van der Waals surface area contributed by atoms with Crippen LogP contribution < -0.4 is 10.2 Å². The van der Waals surface area contributed by atoms with E-state index in [0.29, 0.717) is 5.56 Å². The van der Waals surface area contributed by atoms with E-state index >= 15 is 0 Å². The van der Waals surface area contributed by atoms with Crippen LogP contribution in [-0.4, -0.2) is 47.3 Å². The summed E-state index contributed by atoms with van der Waals surface area (Å²) in [7, 11) is 0. The molecule has 0 spiro atoms. The second-order valence-electron chi connectivity index (χ2n) is 9.54. The second kappa shape index (κ2) is 9.32. The summed E-state index contributed by atoms with van der Waals surface area (Å²) in [5.41, 5.74) is 4.64. The monoisotopic (exact) mass is 482 g/mol. The molecule has 2 aliphatic heterocycles. The van der Waals surface area contributed by atoms with E-state index in [-0.39, 0.29) is 31.3 Å². The molecule has 3 heterocycles. The number of nitrogens with one attached hydrogen (secondary N) is 1. The van der Waals surface area contributed by atoms with Crippen LogP contribution in [0.15, 0.2) is 66.7 Å². The average Bonchev–Trinajstić information content (AvgIpc) is 3.22. The van der Waals surface area contributed by atoms with E-state index in [1.165, 1.54) is 16.4 Å². The van der Waals surface area contributed by atoms with E-state index in [9.17, 15) is 9.59 Å². The van der Waals surface area contributed by atoms with E-state index in [1.54, 1.807) is 6.07 Å². The molecule has 1 saturated heterocycles. The number of piperidine rings is 1. The number of hydrogen-bond donors (Lipinski definition) is 1. The maximum atomic E-state index is 13.2. The number of esters is 1. The third-order valence-corrected chi connectivity index (χ3v) is 7.43. The molecule has 7 nitrogen and oxygen atoms in total. The van der Waals surface area contributed by atoms with Gasteiger partial charge in [-0.3, -0.25) is 9.69 Å². The Morgan fingerprint density at radius 2 is 1.81 bits per heavy atom. The Hall–Kier alpha value is -3.84. The zero-order chi connectivity index (χ0) is 24.6. The molecule has 7 heteroatoms. The second-order valence-corrected chi connectivity index (χ2v) is 9.54. The van der Waals surface area contributed by atoms with Crippen molar-refractivity contribution in [2.24, 2.45) is 0 Å². The number of rotatable bonds is 5. The van der Waals surface area contributed by atoms with Crippen molar-refractivity contribution in [2.75, 3.05) is 30.0 Å². The minimum atomic E-state index is -0.290. The maximum absolute atomic E-state index is 13.2. The van der Waals surface area contributed by atoms with Crippen molar-refractivity contribution in [3.63, 3.8) is 0 Å². The Morgan fingerprint density at radius 1 is 1.00 bits per heavy atom. The van der Waals surface area contributed by atoms with Crippen LogP contribution in [0.3, 0.4) is 0 Å². The van der Waals surface area contributed by atoms with Gasteiger partial charge in [0, 0.05) is 40.6 Å². The van der Waals surface area contributed by atoms with Crippen molar-refractivity contribution < 1.29 is 14.3 Å². The lowest BCUT2D eigenvalue weighted by Crippen LogP contribution is -2.55. The number of fused-ring (bicyclic) bond motifs is 4. The molecule has 0 aliphatic carbocycles. The average molecular weight is 483 g/mol. The number of benzene rings is 3. The highest BCUT2D eigenvalue weighted by atomic mass is 16.5. The number of anilines is 2. The number of amides is 1. The number of carbonyl (C=O) groups is 2. The normalized spacial score (nSPS) is 18.3. The van der Waals surface area contributed by atoms with E-state index in [2.05, 4.69) is 63.0 Å². The molecule has 0 bridgehead atoms. The Bertz CT molecular complexity index is 1460. The summed E-state index contributed by atoms with van der Waals surface area (Å²) in [6.45, 7) is 4.36. The van der Waals surface area contributed by atoms with Crippen LogP contribution in [0.5, 0.6) is 0 Å². The predicted octanol–water partition coefficient (Wildman–Crippen LogP) is 5.20. The van der Waals surface area contributed by atoms with Gasteiger partial charge in [0.05, 0.1) is 24.0 Å². The van der Waals surface area contributed by atoms with Crippen LogP contribution >= 0.6 is 0 Å². The Morgan fingerprint density at radius 3 is 2.69 bits per heavy atom. The minimum absolute atomic E-state index is 0.00348. The Kier molecular flexibility index (Phi) is 5.85. The molecule has 2 aliphatic rings. The topological polar surface area (TPSA) is 66.8 Å². The zero-order valence-corrected chi connectivity index (χ0v) is 20.4. The van der Waals surface area contributed by atoms with Gasteiger partial charge in [-0.15, -0.1) is 0 Å². The molecule has 36 heavy (non-hydrogen) atoms. The number of likely N-dealkylation sites (tertiary alicyclic amines) is 1. The Balaban J connectivity index is 1.23. The van der Waals surface area contributed by atoms with Crippen LogP contribution in [0.25, 0.3) is 21.8 Å². The van der Waals surface area contributed by atoms with Crippen LogP contribution in [-0.2, 0) is 16.1 Å². The van der Waals surface area contributed by atoms with Gasteiger partial charge < -0.3 is 19.5 Å². The molecular weight excluding hydrogens is 452 g/mol. The fourth-order valence-corrected chi connectivity index (χ4v) is 5.79. The molecule has 1 aromatic heterocycles. The third kappa shape index (κ3) is 3.89. The number of carbonyl (C=O) groups excluding carboxylic acids is 2. The highest BCUT2D eigenvalue weighted by molar-refractivity contribution is 6.09. The number of nitrogens with zero attached hydrogens (tertiary/aromatic N) is 3. The van der Waals surface area contributed by atoms with E-state index < -0.39 is 0 Å². The summed E-state index contributed by atoms with van der Waals surface area (Å²) < 4.78 is 7.77. The molecule has 4 aromatic rings. The molecule has 1 unspecified atom stereocenters. The highest BCUT2D eigenvalue weighted by Gasteiger charge is 2.34. The van der Waals surface area contributed by atoms with Gasteiger partial charge in [0.15, 0.2) is 6.73 Å². The van der Waals surface area contributed by atoms with Crippen LogP contribution in [0.2, 0.25) is 0 Å².